The molecule has 0 saturated carbocycles. The molecule has 0 amide bonds. The maximum atomic E-state index is 12.9. The average molecular weight is 287 g/mol. The van der Waals surface area contributed by atoms with Crippen molar-refractivity contribution in [2.45, 2.75) is 25.9 Å². The molecule has 1 aromatic carbocycles. The van der Waals surface area contributed by atoms with Gasteiger partial charge in [-0.05, 0) is 48.4 Å². The summed E-state index contributed by atoms with van der Waals surface area (Å²) in [5, 5.41) is 0. The van der Waals surface area contributed by atoms with E-state index in [1.165, 1.54) is 17.7 Å². The highest BCUT2D eigenvalue weighted by Crippen LogP contribution is 2.15. The predicted molar refractivity (Wildman–Crippen MR) is 83.1 cm³/mol. The van der Waals surface area contributed by atoms with Crippen molar-refractivity contribution in [1.29, 1.82) is 0 Å². The SMILES string of the molecule is CCN(CCC(N)c1ccc(F)cc1)Cc1ccncc1. The normalized spacial score (nSPS) is 12.6. The van der Waals surface area contributed by atoms with Crippen molar-refractivity contribution in [3.05, 3.63) is 65.7 Å². The van der Waals surface area contributed by atoms with Crippen LogP contribution < -0.4 is 5.73 Å². The smallest absolute Gasteiger partial charge is 0.123 e. The highest BCUT2D eigenvalue weighted by atomic mass is 19.1. The minimum Gasteiger partial charge on any atom is -0.324 e. The van der Waals surface area contributed by atoms with Gasteiger partial charge in [0.05, 0.1) is 0 Å². The molecular formula is C17H22FN3. The first-order valence-corrected chi connectivity index (χ1v) is 7.31. The molecule has 2 aromatic rings. The van der Waals surface area contributed by atoms with E-state index in [4.69, 9.17) is 5.73 Å². The van der Waals surface area contributed by atoms with E-state index in [1.54, 1.807) is 12.1 Å². The molecule has 0 saturated heterocycles. The molecule has 0 bridgehead atoms. The van der Waals surface area contributed by atoms with Crippen molar-refractivity contribution in [2.75, 3.05) is 13.1 Å². The van der Waals surface area contributed by atoms with E-state index in [-0.39, 0.29) is 11.9 Å². The van der Waals surface area contributed by atoms with Crippen LogP contribution in [0.15, 0.2) is 48.8 Å². The minimum atomic E-state index is -0.223. The van der Waals surface area contributed by atoms with Crippen LogP contribution in [0.5, 0.6) is 0 Å². The van der Waals surface area contributed by atoms with Crippen LogP contribution in [0.25, 0.3) is 0 Å². The number of nitrogens with zero attached hydrogens (tertiary/aromatic N) is 2. The molecule has 0 aliphatic heterocycles. The van der Waals surface area contributed by atoms with Crippen LogP contribution in [0, 0.1) is 5.82 Å². The zero-order chi connectivity index (χ0) is 15.1. The van der Waals surface area contributed by atoms with Crippen LogP contribution in [-0.2, 0) is 6.54 Å². The van der Waals surface area contributed by atoms with Crippen LogP contribution >= 0.6 is 0 Å². The third kappa shape index (κ3) is 4.92. The van der Waals surface area contributed by atoms with Crippen molar-refractivity contribution in [3.8, 4) is 0 Å². The minimum absolute atomic E-state index is 0.0582. The van der Waals surface area contributed by atoms with Gasteiger partial charge in [-0.1, -0.05) is 19.1 Å². The summed E-state index contributed by atoms with van der Waals surface area (Å²) < 4.78 is 12.9. The van der Waals surface area contributed by atoms with E-state index in [0.717, 1.165) is 31.6 Å². The Hall–Kier alpha value is -1.78. The highest BCUT2D eigenvalue weighted by Gasteiger charge is 2.09. The first-order valence-electron chi connectivity index (χ1n) is 7.31. The summed E-state index contributed by atoms with van der Waals surface area (Å²) >= 11 is 0. The molecule has 0 radical (unpaired) electrons. The summed E-state index contributed by atoms with van der Waals surface area (Å²) in [6, 6.07) is 10.5. The molecule has 1 atom stereocenters. The molecule has 4 heteroatoms. The van der Waals surface area contributed by atoms with Gasteiger partial charge in [-0.25, -0.2) is 4.39 Å². The van der Waals surface area contributed by atoms with Crippen molar-refractivity contribution < 1.29 is 4.39 Å². The maximum Gasteiger partial charge on any atom is 0.123 e. The second-order valence-corrected chi connectivity index (χ2v) is 5.17. The van der Waals surface area contributed by atoms with Gasteiger partial charge >= 0.3 is 0 Å². The van der Waals surface area contributed by atoms with Crippen molar-refractivity contribution >= 4 is 0 Å². The van der Waals surface area contributed by atoms with Crippen molar-refractivity contribution in [2.24, 2.45) is 5.73 Å². The predicted octanol–water partition coefficient (Wildman–Crippen LogP) is 3.13. The lowest BCUT2D eigenvalue weighted by atomic mass is 10.0. The topological polar surface area (TPSA) is 42.1 Å². The number of benzene rings is 1. The second kappa shape index (κ2) is 7.86. The molecule has 0 aliphatic carbocycles. The quantitative estimate of drug-likeness (QED) is 0.850. The largest absolute Gasteiger partial charge is 0.324 e. The highest BCUT2D eigenvalue weighted by molar-refractivity contribution is 5.19. The van der Waals surface area contributed by atoms with Gasteiger partial charge in [0, 0.05) is 31.5 Å². The Labute approximate surface area is 125 Å². The number of rotatable bonds is 7. The fourth-order valence-electron chi connectivity index (χ4n) is 2.29. The zero-order valence-corrected chi connectivity index (χ0v) is 12.4. The fraction of sp³-hybridized carbons (Fsp3) is 0.353. The van der Waals surface area contributed by atoms with Gasteiger partial charge < -0.3 is 5.73 Å². The van der Waals surface area contributed by atoms with Crippen LogP contribution in [0.4, 0.5) is 4.39 Å². The van der Waals surface area contributed by atoms with Gasteiger partial charge in [0.15, 0.2) is 0 Å². The zero-order valence-electron chi connectivity index (χ0n) is 12.4. The molecule has 2 N–H and O–H groups in total. The maximum absolute atomic E-state index is 12.9. The molecule has 2 rings (SSSR count). The van der Waals surface area contributed by atoms with Gasteiger partial charge in [0.25, 0.3) is 0 Å². The molecule has 1 heterocycles. The van der Waals surface area contributed by atoms with E-state index in [1.807, 2.05) is 24.5 Å². The Bertz CT molecular complexity index is 527. The van der Waals surface area contributed by atoms with Gasteiger partial charge in [0.2, 0.25) is 0 Å². The van der Waals surface area contributed by atoms with E-state index >= 15 is 0 Å². The van der Waals surface area contributed by atoms with Gasteiger partial charge in [-0.15, -0.1) is 0 Å². The van der Waals surface area contributed by atoms with Crippen LogP contribution in [0.1, 0.15) is 30.5 Å². The lowest BCUT2D eigenvalue weighted by Crippen LogP contribution is -2.27. The Morgan fingerprint density at radius 1 is 1.14 bits per heavy atom. The molecular weight excluding hydrogens is 265 g/mol. The monoisotopic (exact) mass is 287 g/mol. The second-order valence-electron chi connectivity index (χ2n) is 5.17. The number of pyridine rings is 1. The molecule has 0 spiro atoms. The summed E-state index contributed by atoms with van der Waals surface area (Å²) in [6.07, 6.45) is 4.48. The summed E-state index contributed by atoms with van der Waals surface area (Å²) in [6.45, 7) is 4.93. The van der Waals surface area contributed by atoms with Crippen molar-refractivity contribution in [3.63, 3.8) is 0 Å². The van der Waals surface area contributed by atoms with Crippen LogP contribution in [0.3, 0.4) is 0 Å². The van der Waals surface area contributed by atoms with Gasteiger partial charge in [0.1, 0.15) is 5.82 Å². The fourth-order valence-corrected chi connectivity index (χ4v) is 2.29. The number of aromatic nitrogens is 1. The molecule has 1 aromatic heterocycles. The van der Waals surface area contributed by atoms with E-state index in [2.05, 4.69) is 16.8 Å². The number of nitrogens with two attached hydrogens (primary N) is 1. The summed E-state index contributed by atoms with van der Waals surface area (Å²) in [4.78, 5) is 6.38. The Balaban J connectivity index is 1.86. The third-order valence-electron chi connectivity index (χ3n) is 3.66. The van der Waals surface area contributed by atoms with Crippen LogP contribution in [-0.4, -0.2) is 23.0 Å². The molecule has 0 aliphatic rings. The third-order valence-corrected chi connectivity index (χ3v) is 3.66. The standard InChI is InChI=1S/C17H22FN3/c1-2-21(13-14-7-10-20-11-8-14)12-9-17(19)15-3-5-16(18)6-4-15/h3-8,10-11,17H,2,9,12-13,19H2,1H3. The molecule has 1 unspecified atom stereocenters. The van der Waals surface area contributed by atoms with Gasteiger partial charge in [-0.2, -0.15) is 0 Å². The first-order chi connectivity index (χ1) is 10.2. The van der Waals surface area contributed by atoms with E-state index in [0.29, 0.717) is 0 Å². The van der Waals surface area contributed by atoms with Crippen molar-refractivity contribution in [1.82, 2.24) is 9.88 Å². The lowest BCUT2D eigenvalue weighted by Gasteiger charge is -2.22. The summed E-state index contributed by atoms with van der Waals surface area (Å²) in [7, 11) is 0. The Morgan fingerprint density at radius 2 is 1.81 bits per heavy atom. The summed E-state index contributed by atoms with van der Waals surface area (Å²) in [5.41, 5.74) is 8.42. The van der Waals surface area contributed by atoms with E-state index in [9.17, 15) is 4.39 Å². The summed E-state index contributed by atoms with van der Waals surface area (Å²) in [5.74, 6) is -0.223. The molecule has 3 nitrogen and oxygen atoms in total. The first kappa shape index (κ1) is 15.6. The average Bonchev–Trinajstić information content (AvgIpc) is 2.52. The van der Waals surface area contributed by atoms with E-state index < -0.39 is 0 Å². The Morgan fingerprint density at radius 3 is 2.43 bits per heavy atom. The van der Waals surface area contributed by atoms with Crippen LogP contribution in [0.2, 0.25) is 0 Å². The number of halogens is 1. The lowest BCUT2D eigenvalue weighted by molar-refractivity contribution is 0.268. The Kier molecular flexibility index (Phi) is 5.84. The molecule has 112 valence electrons. The number of hydrogen-bond donors (Lipinski definition) is 1. The molecule has 21 heavy (non-hydrogen) atoms. The number of hydrogen-bond acceptors (Lipinski definition) is 3. The van der Waals surface area contributed by atoms with Gasteiger partial charge in [-0.3, -0.25) is 9.88 Å². The molecule has 0 fully saturated rings.